The zero-order valence-corrected chi connectivity index (χ0v) is 14.0. The van der Waals surface area contributed by atoms with Gasteiger partial charge in [-0.05, 0) is 36.5 Å². The Morgan fingerprint density at radius 3 is 2.71 bits per heavy atom. The molecule has 24 heavy (non-hydrogen) atoms. The lowest BCUT2D eigenvalue weighted by atomic mass is 9.88. The molecule has 7 nitrogen and oxygen atoms in total. The van der Waals surface area contributed by atoms with Crippen molar-refractivity contribution >= 4 is 23.5 Å². The summed E-state index contributed by atoms with van der Waals surface area (Å²) >= 11 is 0. The maximum atomic E-state index is 12.3. The molecule has 0 aromatic heterocycles. The molecule has 1 aliphatic rings. The van der Waals surface area contributed by atoms with Gasteiger partial charge in [-0.1, -0.05) is 20.8 Å². The quantitative estimate of drug-likeness (QED) is 0.764. The lowest BCUT2D eigenvalue weighted by molar-refractivity contribution is -0.139. The van der Waals surface area contributed by atoms with Gasteiger partial charge in [0.15, 0.2) is 6.61 Å². The number of anilines is 1. The first kappa shape index (κ1) is 17.8. The molecule has 1 aromatic rings. The van der Waals surface area contributed by atoms with Gasteiger partial charge in [0.25, 0.3) is 11.8 Å². The number of aliphatic carboxylic acids is 1. The lowest BCUT2D eigenvalue weighted by Crippen LogP contribution is -2.41. The van der Waals surface area contributed by atoms with Gasteiger partial charge in [0.2, 0.25) is 0 Å². The number of nitrogens with one attached hydrogen (secondary N) is 2. The van der Waals surface area contributed by atoms with E-state index in [0.717, 1.165) is 0 Å². The van der Waals surface area contributed by atoms with E-state index in [0.29, 0.717) is 24.3 Å². The van der Waals surface area contributed by atoms with Crippen LogP contribution in [0.15, 0.2) is 18.2 Å². The maximum Gasteiger partial charge on any atom is 0.326 e. The van der Waals surface area contributed by atoms with E-state index in [1.807, 2.05) is 20.8 Å². The van der Waals surface area contributed by atoms with Crippen LogP contribution in [-0.2, 0) is 9.59 Å². The summed E-state index contributed by atoms with van der Waals surface area (Å²) in [6.07, 6.45) is 1.02. The van der Waals surface area contributed by atoms with Crippen molar-refractivity contribution in [3.05, 3.63) is 23.8 Å². The molecule has 1 aromatic carbocycles. The van der Waals surface area contributed by atoms with Gasteiger partial charge < -0.3 is 20.5 Å². The van der Waals surface area contributed by atoms with E-state index in [4.69, 9.17) is 4.74 Å². The minimum absolute atomic E-state index is 0.0176. The Hall–Kier alpha value is -2.57. The molecule has 0 spiro atoms. The van der Waals surface area contributed by atoms with Crippen molar-refractivity contribution in [3.63, 3.8) is 0 Å². The molecule has 0 radical (unpaired) electrons. The maximum absolute atomic E-state index is 12.3. The SMILES string of the molecule is CC(C)(C)CCC(NC(=O)c1ccc2c(c1)OCC(=O)N2)C(=O)O. The molecule has 1 heterocycles. The number of carboxylic acids is 1. The van der Waals surface area contributed by atoms with Gasteiger partial charge in [0.1, 0.15) is 11.8 Å². The van der Waals surface area contributed by atoms with Crippen LogP contribution in [0.1, 0.15) is 44.0 Å². The second-order valence-corrected chi connectivity index (χ2v) is 7.01. The highest BCUT2D eigenvalue weighted by atomic mass is 16.5. The molecule has 0 saturated carbocycles. The standard InChI is InChI=1S/C17H22N2O5/c1-17(2,3)7-6-12(16(22)23)19-15(21)10-4-5-11-13(8-10)24-9-14(20)18-11/h4-5,8,12H,6-7,9H2,1-3H3,(H,18,20)(H,19,21)(H,22,23). The van der Waals surface area contributed by atoms with Crippen LogP contribution >= 0.6 is 0 Å². The number of carboxylic acid groups (broad SMARTS) is 1. The molecule has 1 aliphatic heterocycles. The van der Waals surface area contributed by atoms with Crippen LogP contribution in [-0.4, -0.2) is 35.5 Å². The van der Waals surface area contributed by atoms with Gasteiger partial charge in [-0.3, -0.25) is 9.59 Å². The third kappa shape index (κ3) is 4.71. The van der Waals surface area contributed by atoms with Gasteiger partial charge in [0, 0.05) is 5.56 Å². The first-order valence-corrected chi connectivity index (χ1v) is 7.76. The van der Waals surface area contributed by atoms with Crippen LogP contribution in [0.25, 0.3) is 0 Å². The lowest BCUT2D eigenvalue weighted by Gasteiger charge is -2.22. The highest BCUT2D eigenvalue weighted by Crippen LogP contribution is 2.28. The van der Waals surface area contributed by atoms with Gasteiger partial charge in [-0.15, -0.1) is 0 Å². The second-order valence-electron chi connectivity index (χ2n) is 7.01. The fourth-order valence-corrected chi connectivity index (χ4v) is 2.29. The van der Waals surface area contributed by atoms with E-state index in [-0.39, 0.29) is 23.5 Å². The van der Waals surface area contributed by atoms with E-state index in [1.54, 1.807) is 6.07 Å². The summed E-state index contributed by atoms with van der Waals surface area (Å²) in [5.41, 5.74) is 0.758. The first-order valence-electron chi connectivity index (χ1n) is 7.76. The van der Waals surface area contributed by atoms with Crippen molar-refractivity contribution in [2.75, 3.05) is 11.9 Å². The van der Waals surface area contributed by atoms with Crippen molar-refractivity contribution in [3.8, 4) is 5.75 Å². The largest absolute Gasteiger partial charge is 0.482 e. The Morgan fingerprint density at radius 1 is 1.38 bits per heavy atom. The van der Waals surface area contributed by atoms with Crippen molar-refractivity contribution in [2.24, 2.45) is 5.41 Å². The molecule has 130 valence electrons. The third-order valence-corrected chi connectivity index (χ3v) is 3.66. The van der Waals surface area contributed by atoms with E-state index >= 15 is 0 Å². The number of carbonyl (C=O) groups is 3. The predicted molar refractivity (Wildman–Crippen MR) is 88.1 cm³/mol. The van der Waals surface area contributed by atoms with E-state index < -0.39 is 17.9 Å². The zero-order valence-electron chi connectivity index (χ0n) is 14.0. The highest BCUT2D eigenvalue weighted by molar-refractivity contribution is 6.00. The Labute approximate surface area is 140 Å². The fourth-order valence-electron chi connectivity index (χ4n) is 2.29. The van der Waals surface area contributed by atoms with E-state index in [9.17, 15) is 19.5 Å². The number of carbonyl (C=O) groups excluding carboxylic acids is 2. The number of ether oxygens (including phenoxy) is 1. The van der Waals surface area contributed by atoms with E-state index in [2.05, 4.69) is 10.6 Å². The van der Waals surface area contributed by atoms with Crippen LogP contribution in [0.4, 0.5) is 5.69 Å². The smallest absolute Gasteiger partial charge is 0.326 e. The number of hydrogen-bond acceptors (Lipinski definition) is 4. The Kier molecular flexibility index (Phi) is 5.11. The summed E-state index contributed by atoms with van der Waals surface area (Å²) in [6, 6.07) is 3.62. The normalized spacial score (nSPS) is 14.9. The molecular weight excluding hydrogens is 312 g/mol. The van der Waals surface area contributed by atoms with Gasteiger partial charge in [-0.2, -0.15) is 0 Å². The second kappa shape index (κ2) is 6.90. The van der Waals surface area contributed by atoms with Crippen molar-refractivity contribution < 1.29 is 24.2 Å². The summed E-state index contributed by atoms with van der Waals surface area (Å²) in [6.45, 7) is 5.94. The number of hydrogen-bond donors (Lipinski definition) is 3. The van der Waals surface area contributed by atoms with Gasteiger partial charge in [0.05, 0.1) is 5.69 Å². The molecular formula is C17H22N2O5. The Balaban J connectivity index is 2.07. The molecule has 7 heteroatoms. The fraction of sp³-hybridized carbons (Fsp3) is 0.471. The molecule has 1 atom stereocenters. The molecule has 0 saturated heterocycles. The molecule has 2 rings (SSSR count). The average molecular weight is 334 g/mol. The summed E-state index contributed by atoms with van der Waals surface area (Å²) in [4.78, 5) is 34.9. The predicted octanol–water partition coefficient (Wildman–Crippen LogP) is 2.03. The number of benzene rings is 1. The van der Waals surface area contributed by atoms with Crippen LogP contribution < -0.4 is 15.4 Å². The van der Waals surface area contributed by atoms with Gasteiger partial charge in [-0.25, -0.2) is 4.79 Å². The van der Waals surface area contributed by atoms with Crippen molar-refractivity contribution in [1.82, 2.24) is 5.32 Å². The number of amides is 2. The van der Waals surface area contributed by atoms with Crippen LogP contribution in [0.2, 0.25) is 0 Å². The van der Waals surface area contributed by atoms with E-state index in [1.165, 1.54) is 12.1 Å². The summed E-state index contributed by atoms with van der Waals surface area (Å²) in [5.74, 6) is -1.41. The molecule has 2 amide bonds. The monoisotopic (exact) mass is 334 g/mol. The topological polar surface area (TPSA) is 105 Å². The Morgan fingerprint density at radius 2 is 2.08 bits per heavy atom. The zero-order chi connectivity index (χ0) is 17.9. The summed E-state index contributed by atoms with van der Waals surface area (Å²) < 4.78 is 5.26. The van der Waals surface area contributed by atoms with Gasteiger partial charge >= 0.3 is 5.97 Å². The van der Waals surface area contributed by atoms with Crippen molar-refractivity contribution in [2.45, 2.75) is 39.7 Å². The summed E-state index contributed by atoms with van der Waals surface area (Å²) in [7, 11) is 0. The Bertz CT molecular complexity index is 663. The molecule has 0 bridgehead atoms. The molecule has 0 fully saturated rings. The first-order chi connectivity index (χ1) is 11.2. The minimum atomic E-state index is -1.06. The molecule has 3 N–H and O–H groups in total. The van der Waals surface area contributed by atoms with Crippen LogP contribution in [0.3, 0.4) is 0 Å². The minimum Gasteiger partial charge on any atom is -0.482 e. The number of fused-ring (bicyclic) bond motifs is 1. The average Bonchev–Trinajstić information content (AvgIpc) is 2.49. The molecule has 1 unspecified atom stereocenters. The van der Waals surface area contributed by atoms with Crippen molar-refractivity contribution in [1.29, 1.82) is 0 Å². The highest BCUT2D eigenvalue weighted by Gasteiger charge is 2.24. The van der Waals surface area contributed by atoms with Crippen LogP contribution in [0, 0.1) is 5.41 Å². The summed E-state index contributed by atoms with van der Waals surface area (Å²) in [5, 5.41) is 14.5. The van der Waals surface area contributed by atoms with Crippen LogP contribution in [0.5, 0.6) is 5.75 Å². The molecule has 0 aliphatic carbocycles. The number of rotatable bonds is 5. The third-order valence-electron chi connectivity index (χ3n) is 3.66.